The number of hydrogen-bond acceptors (Lipinski definition) is 8. The Hall–Kier alpha value is -3.11. The third-order valence-electron chi connectivity index (χ3n) is 4.38. The van der Waals surface area contributed by atoms with Gasteiger partial charge in [0, 0.05) is 42.6 Å². The zero-order valence-electron chi connectivity index (χ0n) is 17.5. The van der Waals surface area contributed by atoms with Crippen LogP contribution in [0, 0.1) is 12.3 Å². The molecule has 0 aliphatic heterocycles. The molecule has 9 heteroatoms. The van der Waals surface area contributed by atoms with E-state index in [2.05, 4.69) is 25.3 Å². The number of terminal acetylenes is 1. The van der Waals surface area contributed by atoms with Crippen molar-refractivity contribution in [3.05, 3.63) is 42.2 Å². The smallest absolute Gasteiger partial charge is 0.163 e. The molecule has 3 rings (SSSR count). The lowest BCUT2D eigenvalue weighted by atomic mass is 10.1. The predicted octanol–water partition coefficient (Wildman–Crippen LogP) is 3.17. The fourth-order valence-electron chi connectivity index (χ4n) is 2.92. The van der Waals surface area contributed by atoms with Crippen LogP contribution in [0.4, 0.5) is 17.2 Å². The molecule has 8 nitrogen and oxygen atoms in total. The summed E-state index contributed by atoms with van der Waals surface area (Å²) >= 11 is 0. The third-order valence-corrected chi connectivity index (χ3v) is 4.93. The molecule has 0 saturated carbocycles. The van der Waals surface area contributed by atoms with Crippen LogP contribution in [0.25, 0.3) is 10.9 Å². The Kier molecular flexibility index (Phi) is 7.85. The summed E-state index contributed by atoms with van der Waals surface area (Å²) in [6.07, 6.45) is 7.05. The molecule has 1 aromatic heterocycles. The highest BCUT2D eigenvalue weighted by atomic mass is 31.0. The van der Waals surface area contributed by atoms with Gasteiger partial charge < -0.3 is 29.4 Å². The summed E-state index contributed by atoms with van der Waals surface area (Å²) in [6.45, 7) is 1.66. The first-order valence-electron chi connectivity index (χ1n) is 9.51. The highest BCUT2D eigenvalue weighted by Crippen LogP contribution is 2.39. The van der Waals surface area contributed by atoms with Gasteiger partial charge in [0.2, 0.25) is 0 Å². The minimum absolute atomic E-state index is 0.372. The monoisotopic (exact) mass is 440 g/mol. The summed E-state index contributed by atoms with van der Waals surface area (Å²) in [4.78, 5) is 8.87. The molecule has 1 unspecified atom stereocenters. The van der Waals surface area contributed by atoms with E-state index >= 15 is 0 Å². The molecule has 0 saturated heterocycles. The molecule has 0 fully saturated rings. The van der Waals surface area contributed by atoms with Crippen molar-refractivity contribution in [2.24, 2.45) is 0 Å². The number of ether oxygens (including phenoxy) is 4. The van der Waals surface area contributed by atoms with Gasteiger partial charge in [-0.25, -0.2) is 9.97 Å². The van der Waals surface area contributed by atoms with Crippen molar-refractivity contribution >= 4 is 37.5 Å². The molecule has 31 heavy (non-hydrogen) atoms. The maximum absolute atomic E-state index is 6.01. The Bertz CT molecular complexity index is 1090. The van der Waals surface area contributed by atoms with Crippen LogP contribution in [0.2, 0.25) is 0 Å². The Labute approximate surface area is 183 Å². The zero-order chi connectivity index (χ0) is 22.2. The van der Waals surface area contributed by atoms with E-state index in [9.17, 15) is 0 Å². The lowest BCUT2D eigenvalue weighted by molar-refractivity contribution is 0.132. The normalized spacial score (nSPS) is 10.6. The van der Waals surface area contributed by atoms with Gasteiger partial charge in [0.15, 0.2) is 11.5 Å². The average molecular weight is 440 g/mol. The SMILES string of the molecule is C#Cc1cc(N)cc(N(P)c2ncnc3cc(OCCOC)c(OCCOC)cc23)c1. The summed E-state index contributed by atoms with van der Waals surface area (Å²) < 4.78 is 23.7. The third kappa shape index (κ3) is 5.53. The average Bonchev–Trinajstić information content (AvgIpc) is 2.78. The van der Waals surface area contributed by atoms with Crippen LogP contribution in [-0.2, 0) is 9.47 Å². The van der Waals surface area contributed by atoms with Crippen molar-refractivity contribution in [3.8, 4) is 23.8 Å². The van der Waals surface area contributed by atoms with Crippen LogP contribution < -0.4 is 19.9 Å². The van der Waals surface area contributed by atoms with Gasteiger partial charge in [-0.1, -0.05) is 5.92 Å². The second-order valence-electron chi connectivity index (χ2n) is 6.52. The summed E-state index contributed by atoms with van der Waals surface area (Å²) in [6, 6.07) is 9.10. The molecule has 0 aliphatic carbocycles. The van der Waals surface area contributed by atoms with E-state index in [0.717, 1.165) is 11.1 Å². The molecule has 0 radical (unpaired) electrons. The molecule has 1 heterocycles. The van der Waals surface area contributed by atoms with E-state index in [1.54, 1.807) is 20.3 Å². The quantitative estimate of drug-likeness (QED) is 0.222. The lowest BCUT2D eigenvalue weighted by Gasteiger charge is -2.21. The number of anilines is 3. The Morgan fingerprint density at radius 1 is 0.968 bits per heavy atom. The zero-order valence-corrected chi connectivity index (χ0v) is 18.7. The number of nitrogen functional groups attached to an aromatic ring is 1. The molecular weight excluding hydrogens is 415 g/mol. The van der Waals surface area contributed by atoms with Crippen molar-refractivity contribution in [2.45, 2.75) is 0 Å². The van der Waals surface area contributed by atoms with Gasteiger partial charge >= 0.3 is 0 Å². The molecule has 0 bridgehead atoms. The molecule has 0 aliphatic rings. The molecule has 162 valence electrons. The first kappa shape index (κ1) is 22.6. The van der Waals surface area contributed by atoms with E-state index in [0.29, 0.717) is 60.5 Å². The van der Waals surface area contributed by atoms with Crippen LogP contribution in [0.1, 0.15) is 5.56 Å². The molecule has 0 spiro atoms. The number of nitrogens with two attached hydrogens (primary N) is 1. The van der Waals surface area contributed by atoms with Crippen molar-refractivity contribution < 1.29 is 18.9 Å². The number of fused-ring (bicyclic) bond motifs is 1. The van der Waals surface area contributed by atoms with Crippen molar-refractivity contribution in [1.29, 1.82) is 0 Å². The first-order chi connectivity index (χ1) is 15.1. The molecule has 1 atom stereocenters. The molecule has 2 aromatic carbocycles. The molecule has 2 N–H and O–H groups in total. The fraction of sp³-hybridized carbons (Fsp3) is 0.273. The molecule has 0 amide bonds. The maximum atomic E-state index is 6.01. The van der Waals surface area contributed by atoms with Crippen LogP contribution in [0.3, 0.4) is 0 Å². The van der Waals surface area contributed by atoms with E-state index in [1.807, 2.05) is 28.9 Å². The van der Waals surface area contributed by atoms with E-state index < -0.39 is 0 Å². The van der Waals surface area contributed by atoms with E-state index in [1.165, 1.54) is 6.33 Å². The van der Waals surface area contributed by atoms with Gasteiger partial charge in [0.05, 0.1) is 18.7 Å². The number of methoxy groups -OCH3 is 2. The minimum Gasteiger partial charge on any atom is -0.487 e. The van der Waals surface area contributed by atoms with Crippen LogP contribution >= 0.6 is 9.39 Å². The minimum atomic E-state index is 0.372. The standard InChI is InChI=1S/C22H25N4O4P/c1-4-15-9-16(23)11-17(10-15)26(31)22-18-12-20(29-7-5-27-2)21(30-8-6-28-3)13-19(18)24-14-25-22/h1,9-14H,5-8,23,31H2,2-3H3. The Morgan fingerprint density at radius 3 is 2.29 bits per heavy atom. The predicted molar refractivity (Wildman–Crippen MR) is 125 cm³/mol. The van der Waals surface area contributed by atoms with E-state index in [4.69, 9.17) is 31.1 Å². The van der Waals surface area contributed by atoms with Crippen LogP contribution in [0.15, 0.2) is 36.7 Å². The van der Waals surface area contributed by atoms with Gasteiger partial charge in [-0.05, 0) is 33.7 Å². The number of rotatable bonds is 10. The van der Waals surface area contributed by atoms with E-state index in [-0.39, 0.29) is 0 Å². The first-order valence-corrected chi connectivity index (χ1v) is 10.0. The number of hydrogen-bond donors (Lipinski definition) is 1. The topological polar surface area (TPSA) is 92.0 Å². The van der Waals surface area contributed by atoms with Crippen LogP contribution in [-0.4, -0.2) is 50.6 Å². The highest BCUT2D eigenvalue weighted by Gasteiger charge is 2.16. The van der Waals surface area contributed by atoms with Crippen LogP contribution in [0.5, 0.6) is 11.5 Å². The molecular formula is C22H25N4O4P. The summed E-state index contributed by atoms with van der Waals surface area (Å²) in [7, 11) is 5.88. The molecule has 3 aromatic rings. The van der Waals surface area contributed by atoms with Crippen molar-refractivity contribution in [2.75, 3.05) is 51.1 Å². The van der Waals surface area contributed by atoms with Crippen molar-refractivity contribution in [1.82, 2.24) is 9.97 Å². The number of nitrogens with zero attached hydrogens (tertiary/aromatic N) is 3. The van der Waals surface area contributed by atoms with Gasteiger partial charge in [-0.15, -0.1) is 6.42 Å². The largest absolute Gasteiger partial charge is 0.487 e. The summed E-state index contributed by atoms with van der Waals surface area (Å²) in [5.74, 6) is 4.39. The van der Waals surface area contributed by atoms with Gasteiger partial charge in [-0.3, -0.25) is 0 Å². The van der Waals surface area contributed by atoms with Crippen molar-refractivity contribution in [3.63, 3.8) is 0 Å². The van der Waals surface area contributed by atoms with Gasteiger partial charge in [0.1, 0.15) is 25.4 Å². The fourth-order valence-corrected chi connectivity index (χ4v) is 3.27. The number of aromatic nitrogens is 2. The Balaban J connectivity index is 2.05. The maximum Gasteiger partial charge on any atom is 0.163 e. The summed E-state index contributed by atoms with van der Waals surface area (Å²) in [5, 5.41) is 0.772. The highest BCUT2D eigenvalue weighted by molar-refractivity contribution is 7.20. The van der Waals surface area contributed by atoms with Gasteiger partial charge in [0.25, 0.3) is 0 Å². The Morgan fingerprint density at radius 2 is 1.65 bits per heavy atom. The van der Waals surface area contributed by atoms with Gasteiger partial charge in [-0.2, -0.15) is 0 Å². The second-order valence-corrected chi connectivity index (χ2v) is 7.04. The summed E-state index contributed by atoms with van der Waals surface area (Å²) in [5.41, 5.74) is 8.73. The number of benzene rings is 2. The lowest BCUT2D eigenvalue weighted by Crippen LogP contribution is -2.09. The second kappa shape index (κ2) is 10.8.